The van der Waals surface area contributed by atoms with Crippen molar-refractivity contribution in [3.05, 3.63) is 33.8 Å². The van der Waals surface area contributed by atoms with Crippen molar-refractivity contribution in [1.29, 1.82) is 0 Å². The summed E-state index contributed by atoms with van der Waals surface area (Å²) in [5, 5.41) is 3.69. The van der Waals surface area contributed by atoms with Gasteiger partial charge in [0.2, 0.25) is 5.91 Å². The van der Waals surface area contributed by atoms with Gasteiger partial charge in [-0.25, -0.2) is 0 Å². The van der Waals surface area contributed by atoms with E-state index in [1.807, 2.05) is 12.1 Å². The molecule has 1 N–H and O–H groups in total. The molecule has 1 aromatic rings. The van der Waals surface area contributed by atoms with Gasteiger partial charge in [-0.1, -0.05) is 35.3 Å². The lowest BCUT2D eigenvalue weighted by atomic mass is 10.1. The SMILES string of the molecule is O=C1COC(c2cccc(Cl)c2Cl)CN1. The van der Waals surface area contributed by atoms with E-state index in [-0.39, 0.29) is 18.6 Å². The van der Waals surface area contributed by atoms with E-state index in [4.69, 9.17) is 27.9 Å². The van der Waals surface area contributed by atoms with Gasteiger partial charge in [0.15, 0.2) is 0 Å². The third-order valence-electron chi connectivity index (χ3n) is 2.23. The highest BCUT2D eigenvalue weighted by molar-refractivity contribution is 6.42. The molecule has 0 bridgehead atoms. The quantitative estimate of drug-likeness (QED) is 0.824. The number of rotatable bonds is 1. The summed E-state index contributed by atoms with van der Waals surface area (Å²) >= 11 is 11.9. The molecule has 5 heteroatoms. The summed E-state index contributed by atoms with van der Waals surface area (Å²) in [6.07, 6.45) is -0.214. The van der Waals surface area contributed by atoms with Gasteiger partial charge in [0.1, 0.15) is 12.7 Å². The van der Waals surface area contributed by atoms with E-state index in [1.165, 1.54) is 0 Å². The number of carbonyl (C=O) groups is 1. The summed E-state index contributed by atoms with van der Waals surface area (Å²) in [7, 11) is 0. The summed E-state index contributed by atoms with van der Waals surface area (Å²) in [6, 6.07) is 5.37. The molecule has 0 aliphatic carbocycles. The van der Waals surface area contributed by atoms with Gasteiger partial charge >= 0.3 is 0 Å². The Morgan fingerprint density at radius 2 is 2.20 bits per heavy atom. The van der Waals surface area contributed by atoms with Gasteiger partial charge in [0.25, 0.3) is 0 Å². The number of amides is 1. The summed E-state index contributed by atoms with van der Waals surface area (Å²) < 4.78 is 5.36. The Kier molecular flexibility index (Phi) is 3.14. The van der Waals surface area contributed by atoms with Crippen LogP contribution >= 0.6 is 23.2 Å². The van der Waals surface area contributed by atoms with Crippen LogP contribution < -0.4 is 5.32 Å². The fraction of sp³-hybridized carbons (Fsp3) is 0.300. The summed E-state index contributed by atoms with van der Waals surface area (Å²) in [5.41, 5.74) is 0.809. The smallest absolute Gasteiger partial charge is 0.246 e. The number of nitrogens with one attached hydrogen (secondary N) is 1. The van der Waals surface area contributed by atoms with Crippen molar-refractivity contribution < 1.29 is 9.53 Å². The predicted octanol–water partition coefficient (Wildman–Crippen LogP) is 2.18. The topological polar surface area (TPSA) is 38.3 Å². The number of ether oxygens (including phenoxy) is 1. The maximum atomic E-state index is 10.9. The summed E-state index contributed by atoms with van der Waals surface area (Å²) in [5.74, 6) is -0.107. The van der Waals surface area contributed by atoms with Crippen molar-refractivity contribution >= 4 is 29.1 Å². The lowest BCUT2D eigenvalue weighted by Gasteiger charge is -2.24. The van der Waals surface area contributed by atoms with Crippen molar-refractivity contribution in [2.75, 3.05) is 13.2 Å². The van der Waals surface area contributed by atoms with Crippen LogP contribution in [0.2, 0.25) is 10.0 Å². The molecule has 3 nitrogen and oxygen atoms in total. The summed E-state index contributed by atoms with van der Waals surface area (Å²) in [4.78, 5) is 10.9. The van der Waals surface area contributed by atoms with Gasteiger partial charge in [-0.2, -0.15) is 0 Å². The molecular weight excluding hydrogens is 237 g/mol. The average Bonchev–Trinajstić information content (AvgIpc) is 2.24. The summed E-state index contributed by atoms with van der Waals surface area (Å²) in [6.45, 7) is 0.492. The Hall–Kier alpha value is -0.770. The highest BCUT2D eigenvalue weighted by Gasteiger charge is 2.22. The molecule has 1 aliphatic rings. The van der Waals surface area contributed by atoms with Crippen LogP contribution in [0.15, 0.2) is 18.2 Å². The van der Waals surface area contributed by atoms with Crippen LogP contribution in [0.4, 0.5) is 0 Å². The molecule has 0 saturated carbocycles. The fourth-order valence-electron chi connectivity index (χ4n) is 1.46. The molecule has 1 aromatic carbocycles. The van der Waals surface area contributed by atoms with E-state index in [2.05, 4.69) is 5.32 Å². The Bertz CT molecular complexity index is 385. The van der Waals surface area contributed by atoms with Crippen molar-refractivity contribution in [2.45, 2.75) is 6.10 Å². The van der Waals surface area contributed by atoms with Crippen molar-refractivity contribution in [2.24, 2.45) is 0 Å². The average molecular weight is 246 g/mol. The van der Waals surface area contributed by atoms with Gasteiger partial charge < -0.3 is 10.1 Å². The van der Waals surface area contributed by atoms with E-state index in [0.29, 0.717) is 16.6 Å². The predicted molar refractivity (Wildman–Crippen MR) is 58.2 cm³/mol. The van der Waals surface area contributed by atoms with Crippen LogP contribution in [0, 0.1) is 0 Å². The molecule has 2 rings (SSSR count). The minimum atomic E-state index is -0.214. The zero-order chi connectivity index (χ0) is 10.8. The van der Waals surface area contributed by atoms with Crippen LogP contribution in [0.5, 0.6) is 0 Å². The number of halogens is 2. The molecule has 1 amide bonds. The Morgan fingerprint density at radius 1 is 1.40 bits per heavy atom. The Morgan fingerprint density at radius 3 is 2.87 bits per heavy atom. The maximum Gasteiger partial charge on any atom is 0.246 e. The molecule has 1 atom stereocenters. The molecule has 1 aliphatic heterocycles. The van der Waals surface area contributed by atoms with Crippen molar-refractivity contribution in [3.63, 3.8) is 0 Å². The molecule has 1 unspecified atom stereocenters. The second-order valence-corrected chi connectivity index (χ2v) is 4.03. The highest BCUT2D eigenvalue weighted by Crippen LogP contribution is 2.31. The van der Waals surface area contributed by atoms with Crippen molar-refractivity contribution in [3.8, 4) is 0 Å². The van der Waals surface area contributed by atoms with Crippen molar-refractivity contribution in [1.82, 2.24) is 5.32 Å². The van der Waals surface area contributed by atoms with Gasteiger partial charge in [-0.15, -0.1) is 0 Å². The van der Waals surface area contributed by atoms with E-state index in [9.17, 15) is 4.79 Å². The standard InChI is InChI=1S/C10H9Cl2NO2/c11-7-3-1-2-6(10(7)12)8-4-13-9(14)5-15-8/h1-3,8H,4-5H2,(H,13,14). The molecule has 15 heavy (non-hydrogen) atoms. The molecule has 0 radical (unpaired) electrons. The van der Waals surface area contributed by atoms with Gasteiger partial charge in [-0.3, -0.25) is 4.79 Å². The van der Waals surface area contributed by atoms with E-state index >= 15 is 0 Å². The van der Waals surface area contributed by atoms with Crippen LogP contribution in [-0.4, -0.2) is 19.1 Å². The van der Waals surface area contributed by atoms with Crippen LogP contribution in [0.3, 0.4) is 0 Å². The molecule has 0 spiro atoms. The Labute approximate surface area is 97.3 Å². The zero-order valence-corrected chi connectivity index (χ0v) is 9.31. The fourth-order valence-corrected chi connectivity index (χ4v) is 1.89. The first-order valence-electron chi connectivity index (χ1n) is 4.50. The minimum absolute atomic E-state index is 0.0630. The Balaban J connectivity index is 2.22. The lowest BCUT2D eigenvalue weighted by Crippen LogP contribution is -2.38. The zero-order valence-electron chi connectivity index (χ0n) is 7.80. The number of benzene rings is 1. The van der Waals surface area contributed by atoms with Gasteiger partial charge in [-0.05, 0) is 6.07 Å². The number of morpholine rings is 1. The third kappa shape index (κ3) is 2.25. The highest BCUT2D eigenvalue weighted by atomic mass is 35.5. The van der Waals surface area contributed by atoms with Crippen LogP contribution in [-0.2, 0) is 9.53 Å². The number of hydrogen-bond acceptors (Lipinski definition) is 2. The van der Waals surface area contributed by atoms with Gasteiger partial charge in [0.05, 0.1) is 10.0 Å². The number of hydrogen-bond donors (Lipinski definition) is 1. The van der Waals surface area contributed by atoms with Crippen LogP contribution in [0.25, 0.3) is 0 Å². The maximum absolute atomic E-state index is 10.9. The molecular formula is C10H9Cl2NO2. The third-order valence-corrected chi connectivity index (χ3v) is 3.06. The van der Waals surface area contributed by atoms with Gasteiger partial charge in [0, 0.05) is 12.1 Å². The minimum Gasteiger partial charge on any atom is -0.362 e. The second-order valence-electron chi connectivity index (χ2n) is 3.25. The first-order chi connectivity index (χ1) is 7.18. The molecule has 0 aromatic heterocycles. The first-order valence-corrected chi connectivity index (χ1v) is 5.26. The number of carbonyl (C=O) groups excluding carboxylic acids is 1. The lowest BCUT2D eigenvalue weighted by molar-refractivity contribution is -0.133. The molecule has 1 heterocycles. The largest absolute Gasteiger partial charge is 0.362 e. The van der Waals surface area contributed by atoms with E-state index < -0.39 is 0 Å². The van der Waals surface area contributed by atoms with E-state index in [0.717, 1.165) is 5.56 Å². The van der Waals surface area contributed by atoms with E-state index in [1.54, 1.807) is 6.07 Å². The second kappa shape index (κ2) is 4.39. The van der Waals surface area contributed by atoms with Crippen LogP contribution in [0.1, 0.15) is 11.7 Å². The monoisotopic (exact) mass is 245 g/mol. The normalized spacial score (nSPS) is 21.2. The first kappa shape index (κ1) is 10.7. The molecule has 80 valence electrons. The molecule has 1 fully saturated rings. The molecule has 1 saturated heterocycles.